The summed E-state index contributed by atoms with van der Waals surface area (Å²) in [7, 11) is 0. The summed E-state index contributed by atoms with van der Waals surface area (Å²) in [5, 5.41) is 0. The molecule has 27 heavy (non-hydrogen) atoms. The van der Waals surface area contributed by atoms with Gasteiger partial charge in [0, 0.05) is 49.2 Å². The minimum absolute atomic E-state index is 0.0632. The third-order valence-corrected chi connectivity index (χ3v) is 5.09. The topological polar surface area (TPSA) is 46.1 Å². The summed E-state index contributed by atoms with van der Waals surface area (Å²) in [4.78, 5) is 23.7. The molecular formula is C23H23N3O. The van der Waals surface area contributed by atoms with Crippen LogP contribution in [0.15, 0.2) is 73.1 Å². The Bertz CT molecular complexity index is 896. The second-order valence-electron chi connectivity index (χ2n) is 7.05. The van der Waals surface area contributed by atoms with E-state index >= 15 is 0 Å². The molecule has 1 saturated heterocycles. The first-order valence-electron chi connectivity index (χ1n) is 9.48. The molecule has 0 bridgehead atoms. The van der Waals surface area contributed by atoms with E-state index < -0.39 is 0 Å². The van der Waals surface area contributed by atoms with Crippen LogP contribution in [0.4, 0.5) is 0 Å². The zero-order valence-corrected chi connectivity index (χ0v) is 15.3. The number of pyridine rings is 2. The van der Waals surface area contributed by atoms with Gasteiger partial charge in [0.25, 0.3) is 5.91 Å². The van der Waals surface area contributed by atoms with E-state index in [1.165, 1.54) is 5.56 Å². The van der Waals surface area contributed by atoms with E-state index in [-0.39, 0.29) is 11.8 Å². The second kappa shape index (κ2) is 8.12. The van der Waals surface area contributed by atoms with E-state index in [1.54, 1.807) is 12.4 Å². The van der Waals surface area contributed by atoms with Crippen molar-refractivity contribution in [2.45, 2.75) is 25.2 Å². The predicted molar refractivity (Wildman–Crippen MR) is 106 cm³/mol. The average molecular weight is 357 g/mol. The predicted octanol–water partition coefficient (Wildman–Crippen LogP) is 4.09. The lowest BCUT2D eigenvalue weighted by Gasteiger charge is -2.32. The Hall–Kier alpha value is -3.01. The Morgan fingerprint density at radius 2 is 1.93 bits per heavy atom. The standard InChI is InChI=1S/C23H23N3O/c27-23(19-9-5-13-24-16-19)26-14-6-10-20(17-26)22-12-4-11-21(25-22)15-18-7-2-1-3-8-18/h1-5,7-9,11-13,16,20H,6,10,14-15,17H2/t20-/m0/s1. The van der Waals surface area contributed by atoms with Crippen molar-refractivity contribution in [3.63, 3.8) is 0 Å². The quantitative estimate of drug-likeness (QED) is 0.707. The SMILES string of the molecule is O=C(c1cccnc1)N1CCC[C@H](c2cccc(Cc3ccccc3)n2)C1. The first kappa shape index (κ1) is 17.4. The van der Waals surface area contributed by atoms with Gasteiger partial charge in [-0.1, -0.05) is 36.4 Å². The molecule has 0 spiro atoms. The number of aromatic nitrogens is 2. The number of piperidine rings is 1. The number of benzene rings is 1. The molecule has 1 aliphatic rings. The van der Waals surface area contributed by atoms with Gasteiger partial charge in [-0.2, -0.15) is 0 Å². The van der Waals surface area contributed by atoms with Crippen molar-refractivity contribution in [3.8, 4) is 0 Å². The van der Waals surface area contributed by atoms with Gasteiger partial charge in [-0.3, -0.25) is 14.8 Å². The molecule has 1 amide bonds. The molecule has 4 rings (SSSR count). The first-order chi connectivity index (χ1) is 13.3. The fraction of sp³-hybridized carbons (Fsp3) is 0.261. The second-order valence-corrected chi connectivity index (χ2v) is 7.05. The van der Waals surface area contributed by atoms with Crippen molar-refractivity contribution in [2.24, 2.45) is 0 Å². The number of hydrogen-bond donors (Lipinski definition) is 0. The lowest BCUT2D eigenvalue weighted by Crippen LogP contribution is -2.39. The molecule has 0 aliphatic carbocycles. The molecule has 1 aliphatic heterocycles. The zero-order chi connectivity index (χ0) is 18.5. The molecule has 1 atom stereocenters. The smallest absolute Gasteiger partial charge is 0.255 e. The lowest BCUT2D eigenvalue weighted by molar-refractivity contribution is 0.0705. The summed E-state index contributed by atoms with van der Waals surface area (Å²) in [6.07, 6.45) is 6.24. The summed E-state index contributed by atoms with van der Waals surface area (Å²) >= 11 is 0. The van der Waals surface area contributed by atoms with Gasteiger partial charge in [0.05, 0.1) is 5.56 Å². The molecule has 1 fully saturated rings. The molecule has 2 aromatic heterocycles. The number of nitrogens with zero attached hydrogens (tertiary/aromatic N) is 3. The number of amides is 1. The molecule has 4 heteroatoms. The van der Waals surface area contributed by atoms with Crippen LogP contribution in [0.25, 0.3) is 0 Å². The van der Waals surface area contributed by atoms with Crippen molar-refractivity contribution in [1.29, 1.82) is 0 Å². The Balaban J connectivity index is 1.48. The van der Waals surface area contributed by atoms with Crippen LogP contribution in [0.1, 0.15) is 46.1 Å². The van der Waals surface area contributed by atoms with Gasteiger partial charge in [-0.25, -0.2) is 0 Å². The van der Waals surface area contributed by atoms with Crippen LogP contribution in [-0.4, -0.2) is 33.9 Å². The Morgan fingerprint density at radius 1 is 1.04 bits per heavy atom. The van der Waals surface area contributed by atoms with E-state index in [9.17, 15) is 4.79 Å². The number of carbonyl (C=O) groups is 1. The van der Waals surface area contributed by atoms with E-state index in [0.29, 0.717) is 5.56 Å². The van der Waals surface area contributed by atoms with Crippen LogP contribution in [0.5, 0.6) is 0 Å². The van der Waals surface area contributed by atoms with E-state index in [1.807, 2.05) is 23.1 Å². The third-order valence-electron chi connectivity index (χ3n) is 5.09. The minimum Gasteiger partial charge on any atom is -0.338 e. The maximum absolute atomic E-state index is 12.8. The van der Waals surface area contributed by atoms with Gasteiger partial charge in [-0.15, -0.1) is 0 Å². The van der Waals surface area contributed by atoms with Crippen LogP contribution < -0.4 is 0 Å². The largest absolute Gasteiger partial charge is 0.338 e. The lowest BCUT2D eigenvalue weighted by atomic mass is 9.93. The average Bonchev–Trinajstić information content (AvgIpc) is 2.75. The van der Waals surface area contributed by atoms with Gasteiger partial charge in [-0.05, 0) is 42.7 Å². The summed E-state index contributed by atoms with van der Waals surface area (Å²) < 4.78 is 0. The molecule has 3 aromatic rings. The van der Waals surface area contributed by atoms with Crippen LogP contribution in [-0.2, 0) is 6.42 Å². The molecular weight excluding hydrogens is 334 g/mol. The summed E-state index contributed by atoms with van der Waals surface area (Å²) in [6.45, 7) is 1.52. The molecule has 1 aromatic carbocycles. The Kier molecular flexibility index (Phi) is 5.24. The van der Waals surface area contributed by atoms with E-state index in [2.05, 4.69) is 47.4 Å². The minimum atomic E-state index is 0.0632. The van der Waals surface area contributed by atoms with Crippen LogP contribution in [0.2, 0.25) is 0 Å². The van der Waals surface area contributed by atoms with Crippen molar-refractivity contribution in [1.82, 2.24) is 14.9 Å². The molecule has 3 heterocycles. The maximum Gasteiger partial charge on any atom is 0.255 e. The molecule has 0 unspecified atom stereocenters. The van der Waals surface area contributed by atoms with Gasteiger partial charge < -0.3 is 4.90 Å². The van der Waals surface area contributed by atoms with Crippen LogP contribution in [0.3, 0.4) is 0 Å². The number of likely N-dealkylation sites (tertiary alicyclic amines) is 1. The van der Waals surface area contributed by atoms with E-state index in [0.717, 1.165) is 43.7 Å². The molecule has 0 radical (unpaired) electrons. The van der Waals surface area contributed by atoms with Gasteiger partial charge >= 0.3 is 0 Å². The van der Waals surface area contributed by atoms with Crippen molar-refractivity contribution in [2.75, 3.05) is 13.1 Å². The highest BCUT2D eigenvalue weighted by Gasteiger charge is 2.26. The Labute approximate surface area is 159 Å². The van der Waals surface area contributed by atoms with Gasteiger partial charge in [0.2, 0.25) is 0 Å². The van der Waals surface area contributed by atoms with Crippen LogP contribution in [0, 0.1) is 0 Å². The number of carbonyl (C=O) groups excluding carboxylic acids is 1. The normalized spacial score (nSPS) is 16.9. The molecule has 136 valence electrons. The van der Waals surface area contributed by atoms with E-state index in [4.69, 9.17) is 4.98 Å². The fourth-order valence-corrected chi connectivity index (χ4v) is 3.70. The molecule has 0 N–H and O–H groups in total. The van der Waals surface area contributed by atoms with Crippen molar-refractivity contribution in [3.05, 3.63) is 95.6 Å². The zero-order valence-electron chi connectivity index (χ0n) is 15.3. The fourth-order valence-electron chi connectivity index (χ4n) is 3.70. The summed E-state index contributed by atoms with van der Waals surface area (Å²) in [5.74, 6) is 0.350. The highest BCUT2D eigenvalue weighted by molar-refractivity contribution is 5.94. The highest BCUT2D eigenvalue weighted by Crippen LogP contribution is 2.27. The molecule has 0 saturated carbocycles. The summed E-state index contributed by atoms with van der Waals surface area (Å²) in [6, 6.07) is 20.3. The number of rotatable bonds is 4. The van der Waals surface area contributed by atoms with Crippen LogP contribution >= 0.6 is 0 Å². The van der Waals surface area contributed by atoms with Crippen molar-refractivity contribution < 1.29 is 4.79 Å². The maximum atomic E-state index is 12.8. The third kappa shape index (κ3) is 4.22. The van der Waals surface area contributed by atoms with Gasteiger partial charge in [0.1, 0.15) is 0 Å². The van der Waals surface area contributed by atoms with Crippen molar-refractivity contribution >= 4 is 5.91 Å². The Morgan fingerprint density at radius 3 is 2.74 bits per heavy atom. The van der Waals surface area contributed by atoms with Gasteiger partial charge in [0.15, 0.2) is 0 Å². The molecule has 4 nitrogen and oxygen atoms in total. The highest BCUT2D eigenvalue weighted by atomic mass is 16.2. The first-order valence-corrected chi connectivity index (χ1v) is 9.48. The number of hydrogen-bond acceptors (Lipinski definition) is 3. The monoisotopic (exact) mass is 357 g/mol. The summed E-state index contributed by atoms with van der Waals surface area (Å²) in [5.41, 5.74) is 4.09.